The number of imidazole rings is 1. The summed E-state index contributed by atoms with van der Waals surface area (Å²) < 4.78 is 3.27. The highest BCUT2D eigenvalue weighted by molar-refractivity contribution is 7.99. The SMILES string of the molecule is CC(=O)CSc1nc2c(c(=O)n(C)c(=O)n2C)n1C(C)=O. The molecule has 0 amide bonds. The number of hydrogen-bond acceptors (Lipinski definition) is 6. The molecule has 0 aromatic carbocycles. The third kappa shape index (κ3) is 2.44. The summed E-state index contributed by atoms with van der Waals surface area (Å²) in [7, 11) is 2.81. The molecule has 0 bridgehead atoms. The lowest BCUT2D eigenvalue weighted by Crippen LogP contribution is -2.37. The van der Waals surface area contributed by atoms with E-state index in [1.165, 1.54) is 32.5 Å². The number of fused-ring (bicyclic) bond motifs is 1. The van der Waals surface area contributed by atoms with Gasteiger partial charge in [0.2, 0.25) is 5.91 Å². The van der Waals surface area contributed by atoms with E-state index in [4.69, 9.17) is 0 Å². The van der Waals surface area contributed by atoms with Crippen LogP contribution < -0.4 is 11.2 Å². The second kappa shape index (κ2) is 5.32. The zero-order chi connectivity index (χ0) is 15.9. The van der Waals surface area contributed by atoms with Crippen molar-refractivity contribution < 1.29 is 9.59 Å². The van der Waals surface area contributed by atoms with Crippen LogP contribution in [0.3, 0.4) is 0 Å². The Labute approximate surface area is 123 Å². The number of carbonyl (C=O) groups is 2. The predicted molar refractivity (Wildman–Crippen MR) is 77.9 cm³/mol. The molecule has 2 heterocycles. The first kappa shape index (κ1) is 15.2. The molecule has 0 saturated heterocycles. The van der Waals surface area contributed by atoms with Gasteiger partial charge in [0.25, 0.3) is 5.56 Å². The molecular weight excluding hydrogens is 296 g/mol. The molecule has 0 aliphatic heterocycles. The topological polar surface area (TPSA) is 96.0 Å². The molecule has 2 aromatic heterocycles. The lowest BCUT2D eigenvalue weighted by Gasteiger charge is -2.04. The Balaban J connectivity index is 2.87. The Morgan fingerprint density at radius 2 is 1.76 bits per heavy atom. The van der Waals surface area contributed by atoms with Crippen molar-refractivity contribution >= 4 is 34.6 Å². The number of ketones is 1. The Bertz CT molecular complexity index is 874. The van der Waals surface area contributed by atoms with Gasteiger partial charge in [0.15, 0.2) is 16.3 Å². The van der Waals surface area contributed by atoms with Crippen LogP contribution in [0.2, 0.25) is 0 Å². The normalized spacial score (nSPS) is 11.0. The molecule has 2 rings (SSSR count). The number of Topliss-reactive ketones (excluding diaryl/α,β-unsaturated/α-hetero) is 1. The summed E-state index contributed by atoms with van der Waals surface area (Å²) in [6.45, 7) is 2.71. The summed E-state index contributed by atoms with van der Waals surface area (Å²) in [6, 6.07) is 0. The van der Waals surface area contributed by atoms with Gasteiger partial charge < -0.3 is 0 Å². The van der Waals surface area contributed by atoms with E-state index in [1.807, 2.05) is 0 Å². The van der Waals surface area contributed by atoms with Gasteiger partial charge in [0.05, 0.1) is 5.75 Å². The smallest absolute Gasteiger partial charge is 0.299 e. The second-order valence-corrected chi connectivity index (χ2v) is 5.56. The summed E-state index contributed by atoms with van der Waals surface area (Å²) in [4.78, 5) is 51.2. The highest BCUT2D eigenvalue weighted by Gasteiger charge is 2.21. The van der Waals surface area contributed by atoms with Crippen LogP contribution in [0.5, 0.6) is 0 Å². The lowest BCUT2D eigenvalue weighted by atomic mass is 10.5. The zero-order valence-electron chi connectivity index (χ0n) is 12.0. The summed E-state index contributed by atoms with van der Waals surface area (Å²) >= 11 is 1.06. The third-order valence-corrected chi connectivity index (χ3v) is 4.03. The number of carbonyl (C=O) groups excluding carboxylic acids is 2. The number of aromatic nitrogens is 4. The van der Waals surface area contributed by atoms with Gasteiger partial charge in [-0.25, -0.2) is 9.78 Å². The maximum atomic E-state index is 12.2. The van der Waals surface area contributed by atoms with E-state index >= 15 is 0 Å². The average molecular weight is 310 g/mol. The summed E-state index contributed by atoms with van der Waals surface area (Å²) in [6.07, 6.45) is 0. The zero-order valence-corrected chi connectivity index (χ0v) is 12.9. The molecule has 9 heteroatoms. The van der Waals surface area contributed by atoms with E-state index in [2.05, 4.69) is 4.98 Å². The maximum Gasteiger partial charge on any atom is 0.332 e. The molecule has 0 saturated carbocycles. The van der Waals surface area contributed by atoms with Gasteiger partial charge in [0.1, 0.15) is 5.78 Å². The Hall–Kier alpha value is -2.16. The van der Waals surface area contributed by atoms with Crippen molar-refractivity contribution in [3.05, 3.63) is 20.8 Å². The average Bonchev–Trinajstić information content (AvgIpc) is 2.80. The Morgan fingerprint density at radius 1 is 1.14 bits per heavy atom. The number of thioether (sulfide) groups is 1. The summed E-state index contributed by atoms with van der Waals surface area (Å²) in [5.41, 5.74) is -0.947. The van der Waals surface area contributed by atoms with Gasteiger partial charge in [-0.05, 0) is 6.92 Å². The van der Waals surface area contributed by atoms with Crippen molar-refractivity contribution in [2.75, 3.05) is 5.75 Å². The first-order chi connectivity index (χ1) is 9.75. The Kier molecular flexibility index (Phi) is 3.86. The molecule has 0 aliphatic carbocycles. The Morgan fingerprint density at radius 3 is 2.29 bits per heavy atom. The largest absolute Gasteiger partial charge is 0.332 e. The van der Waals surface area contributed by atoms with E-state index in [-0.39, 0.29) is 27.9 Å². The maximum absolute atomic E-state index is 12.2. The monoisotopic (exact) mass is 310 g/mol. The van der Waals surface area contributed by atoms with Crippen LogP contribution in [-0.2, 0) is 18.9 Å². The predicted octanol–water partition coefficient (Wildman–Crippen LogP) is -0.225. The van der Waals surface area contributed by atoms with Crippen molar-refractivity contribution in [3.8, 4) is 0 Å². The van der Waals surface area contributed by atoms with E-state index in [9.17, 15) is 19.2 Å². The van der Waals surface area contributed by atoms with Crippen molar-refractivity contribution in [3.63, 3.8) is 0 Å². The number of hydrogen-bond donors (Lipinski definition) is 0. The summed E-state index contributed by atoms with van der Waals surface area (Å²) in [5, 5.41) is 0.228. The summed E-state index contributed by atoms with van der Waals surface area (Å²) in [5.74, 6) is -0.353. The number of rotatable bonds is 3. The van der Waals surface area contributed by atoms with E-state index < -0.39 is 17.2 Å². The molecule has 0 fully saturated rings. The van der Waals surface area contributed by atoms with Crippen molar-refractivity contribution in [2.45, 2.75) is 19.0 Å². The fourth-order valence-electron chi connectivity index (χ4n) is 1.93. The molecule has 2 aromatic rings. The van der Waals surface area contributed by atoms with Crippen LogP contribution in [0.15, 0.2) is 14.7 Å². The van der Waals surface area contributed by atoms with Gasteiger partial charge in [-0.2, -0.15) is 0 Å². The first-order valence-electron chi connectivity index (χ1n) is 6.07. The van der Waals surface area contributed by atoms with E-state index in [0.717, 1.165) is 20.9 Å². The van der Waals surface area contributed by atoms with Gasteiger partial charge >= 0.3 is 5.69 Å². The molecule has 0 spiro atoms. The molecule has 0 N–H and O–H groups in total. The third-order valence-electron chi connectivity index (χ3n) is 2.95. The standard InChI is InChI=1S/C12H14N4O4S/c1-6(17)5-21-11-13-9-8(16(11)7(2)18)10(19)15(4)12(20)14(9)3/h5H2,1-4H3. The number of nitrogens with zero attached hydrogens (tertiary/aromatic N) is 4. The minimum Gasteiger partial charge on any atom is -0.299 e. The molecule has 0 radical (unpaired) electrons. The quantitative estimate of drug-likeness (QED) is 0.727. The first-order valence-corrected chi connectivity index (χ1v) is 7.06. The van der Waals surface area contributed by atoms with E-state index in [1.54, 1.807) is 0 Å². The molecular formula is C12H14N4O4S. The molecule has 0 aliphatic rings. The van der Waals surface area contributed by atoms with Crippen LogP contribution in [0.1, 0.15) is 18.6 Å². The van der Waals surface area contributed by atoms with Crippen molar-refractivity contribution in [2.24, 2.45) is 14.1 Å². The van der Waals surface area contributed by atoms with Crippen LogP contribution in [0.25, 0.3) is 11.2 Å². The molecule has 21 heavy (non-hydrogen) atoms. The molecule has 0 unspecified atom stereocenters. The molecule has 8 nitrogen and oxygen atoms in total. The second-order valence-electron chi connectivity index (χ2n) is 4.62. The molecule has 0 atom stereocenters. The van der Waals surface area contributed by atoms with Gasteiger partial charge in [0, 0.05) is 21.0 Å². The van der Waals surface area contributed by atoms with Crippen molar-refractivity contribution in [1.82, 2.24) is 18.7 Å². The minimum absolute atomic E-state index is 0.0400. The fraction of sp³-hybridized carbons (Fsp3) is 0.417. The van der Waals surface area contributed by atoms with Crippen LogP contribution in [-0.4, -0.2) is 36.1 Å². The van der Waals surface area contributed by atoms with Gasteiger partial charge in [-0.1, -0.05) is 11.8 Å². The lowest BCUT2D eigenvalue weighted by molar-refractivity contribution is -0.114. The van der Waals surface area contributed by atoms with E-state index in [0.29, 0.717) is 0 Å². The minimum atomic E-state index is -0.592. The van der Waals surface area contributed by atoms with Gasteiger partial charge in [-0.15, -0.1) is 0 Å². The highest BCUT2D eigenvalue weighted by atomic mass is 32.2. The van der Waals surface area contributed by atoms with Crippen LogP contribution in [0, 0.1) is 0 Å². The highest BCUT2D eigenvalue weighted by Crippen LogP contribution is 2.21. The van der Waals surface area contributed by atoms with Gasteiger partial charge in [-0.3, -0.25) is 28.1 Å². The fourth-order valence-corrected chi connectivity index (χ4v) is 2.76. The number of aryl methyl sites for hydroxylation is 1. The van der Waals surface area contributed by atoms with Crippen molar-refractivity contribution in [1.29, 1.82) is 0 Å². The van der Waals surface area contributed by atoms with Crippen LogP contribution >= 0.6 is 11.8 Å². The molecule has 112 valence electrons. The van der Waals surface area contributed by atoms with Crippen LogP contribution in [0.4, 0.5) is 0 Å².